The highest BCUT2D eigenvalue weighted by atomic mass is 35.5. The molecule has 178 valence electrons. The van der Waals surface area contributed by atoms with Crippen LogP contribution in [0, 0.1) is 0 Å². The number of aromatic nitrogens is 3. The lowest BCUT2D eigenvalue weighted by atomic mass is 10.2. The van der Waals surface area contributed by atoms with Crippen molar-refractivity contribution in [3.63, 3.8) is 0 Å². The van der Waals surface area contributed by atoms with Gasteiger partial charge < -0.3 is 9.64 Å². The summed E-state index contributed by atoms with van der Waals surface area (Å²) in [6.07, 6.45) is 3.32. The van der Waals surface area contributed by atoms with E-state index in [9.17, 15) is 4.79 Å². The number of piperazine rings is 1. The maximum absolute atomic E-state index is 12.5. The van der Waals surface area contributed by atoms with Crippen LogP contribution in [0.15, 0.2) is 53.3 Å². The molecule has 0 bridgehead atoms. The van der Waals surface area contributed by atoms with Gasteiger partial charge in [-0.05, 0) is 57.5 Å². The van der Waals surface area contributed by atoms with Crippen LogP contribution in [-0.2, 0) is 6.54 Å². The van der Waals surface area contributed by atoms with Gasteiger partial charge in [-0.3, -0.25) is 9.69 Å². The third kappa shape index (κ3) is 6.45. The van der Waals surface area contributed by atoms with Crippen LogP contribution < -0.4 is 15.2 Å². The predicted molar refractivity (Wildman–Crippen MR) is 136 cm³/mol. The second kappa shape index (κ2) is 12.0. The number of anilines is 1. The summed E-state index contributed by atoms with van der Waals surface area (Å²) in [4.78, 5) is 17.5. The molecule has 7 nitrogen and oxygen atoms in total. The van der Waals surface area contributed by atoms with Crippen LogP contribution in [0.25, 0.3) is 10.9 Å². The quantitative estimate of drug-likeness (QED) is 0.440. The third-order valence-corrected chi connectivity index (χ3v) is 5.91. The molecule has 33 heavy (non-hydrogen) atoms. The van der Waals surface area contributed by atoms with Crippen molar-refractivity contribution in [3.05, 3.63) is 58.9 Å². The molecular weight excluding hydrogens is 438 g/mol. The summed E-state index contributed by atoms with van der Waals surface area (Å²) in [6, 6.07) is 15.7. The zero-order valence-electron chi connectivity index (χ0n) is 19.5. The molecule has 0 saturated carbocycles. The van der Waals surface area contributed by atoms with Gasteiger partial charge in [0.1, 0.15) is 11.3 Å². The first-order chi connectivity index (χ1) is 15.6. The molecule has 4 rings (SSSR count). The van der Waals surface area contributed by atoms with E-state index in [1.807, 2.05) is 30.3 Å². The fourth-order valence-corrected chi connectivity index (χ4v) is 4.23. The molecule has 1 aromatic heterocycles. The van der Waals surface area contributed by atoms with Crippen LogP contribution in [0.4, 0.5) is 5.69 Å². The molecule has 1 aliphatic rings. The number of benzene rings is 2. The summed E-state index contributed by atoms with van der Waals surface area (Å²) < 4.78 is 7.49. The molecule has 0 unspecified atom stereocenters. The number of rotatable bonds is 9. The second-order valence-corrected chi connectivity index (χ2v) is 8.66. The Bertz CT molecular complexity index is 1080. The van der Waals surface area contributed by atoms with Gasteiger partial charge in [0.25, 0.3) is 5.56 Å². The molecule has 0 N–H and O–H groups in total. The Labute approximate surface area is 201 Å². The van der Waals surface area contributed by atoms with Gasteiger partial charge >= 0.3 is 0 Å². The number of halogens is 1. The molecule has 2 aromatic carbocycles. The molecule has 0 aliphatic carbocycles. The van der Waals surface area contributed by atoms with Crippen LogP contribution in [0.3, 0.4) is 0 Å². The first kappa shape index (κ1) is 25.0. The monoisotopic (exact) mass is 471 g/mol. The molecule has 1 saturated heterocycles. The van der Waals surface area contributed by atoms with Gasteiger partial charge in [-0.1, -0.05) is 35.9 Å². The molecule has 3 aromatic rings. The van der Waals surface area contributed by atoms with Crippen LogP contribution >= 0.6 is 12.4 Å². The lowest BCUT2D eigenvalue weighted by Crippen LogP contribution is -2.46. The number of para-hydroxylation sites is 2. The van der Waals surface area contributed by atoms with E-state index in [0.29, 0.717) is 17.4 Å². The molecule has 0 spiro atoms. The van der Waals surface area contributed by atoms with Crippen molar-refractivity contribution >= 4 is 29.0 Å². The average molecular weight is 472 g/mol. The van der Waals surface area contributed by atoms with E-state index in [1.54, 1.807) is 0 Å². The summed E-state index contributed by atoms with van der Waals surface area (Å²) in [7, 11) is 0. The van der Waals surface area contributed by atoms with Crippen molar-refractivity contribution in [3.8, 4) is 5.75 Å². The number of ether oxygens (including phenoxy) is 1. The lowest BCUT2D eigenvalue weighted by Gasteiger charge is -2.37. The highest BCUT2D eigenvalue weighted by Gasteiger charge is 2.19. The Balaban J connectivity index is 0.00000306. The van der Waals surface area contributed by atoms with Crippen LogP contribution in [0.5, 0.6) is 5.75 Å². The second-order valence-electron chi connectivity index (χ2n) is 8.66. The van der Waals surface area contributed by atoms with E-state index in [4.69, 9.17) is 4.74 Å². The fourth-order valence-electron chi connectivity index (χ4n) is 4.23. The Morgan fingerprint density at radius 1 is 0.909 bits per heavy atom. The Hall–Kier alpha value is -2.64. The molecule has 0 atom stereocenters. The summed E-state index contributed by atoms with van der Waals surface area (Å²) in [6.45, 7) is 10.0. The van der Waals surface area contributed by atoms with Crippen LogP contribution in [0.1, 0.15) is 33.1 Å². The van der Waals surface area contributed by atoms with Crippen molar-refractivity contribution in [2.75, 3.05) is 37.6 Å². The fraction of sp³-hybridized carbons (Fsp3) is 0.480. The largest absolute Gasteiger partial charge is 0.489 e. The molecule has 0 amide bonds. The van der Waals surface area contributed by atoms with E-state index in [2.05, 4.69) is 52.2 Å². The lowest BCUT2D eigenvalue weighted by molar-refractivity contribution is 0.236. The topological polar surface area (TPSA) is 63.5 Å². The normalized spacial score (nSPS) is 14.5. The zero-order chi connectivity index (χ0) is 22.3. The highest BCUT2D eigenvalue weighted by molar-refractivity contribution is 5.85. The number of aryl methyl sites for hydroxylation is 1. The van der Waals surface area contributed by atoms with Gasteiger partial charge in [-0.25, -0.2) is 4.68 Å². The van der Waals surface area contributed by atoms with Crippen molar-refractivity contribution in [2.24, 2.45) is 0 Å². The molecule has 0 radical (unpaired) electrons. The molecule has 8 heteroatoms. The minimum atomic E-state index is -0.0477. The smallest absolute Gasteiger partial charge is 0.277 e. The van der Waals surface area contributed by atoms with Gasteiger partial charge in [0.15, 0.2) is 0 Å². The van der Waals surface area contributed by atoms with Crippen molar-refractivity contribution in [2.45, 2.75) is 45.8 Å². The third-order valence-electron chi connectivity index (χ3n) is 5.91. The van der Waals surface area contributed by atoms with Gasteiger partial charge in [-0.2, -0.15) is 0 Å². The minimum absolute atomic E-state index is 0. The maximum Gasteiger partial charge on any atom is 0.277 e. The summed E-state index contributed by atoms with van der Waals surface area (Å²) in [5.74, 6) is 0.975. The molecule has 1 aliphatic heterocycles. The Morgan fingerprint density at radius 3 is 2.39 bits per heavy atom. The SMILES string of the molecule is CC(C)Oc1ccccc1N1CCN(CCCCCn2nnc3ccccc3c2=O)CC1.Cl. The Kier molecular flexibility index (Phi) is 9.09. The zero-order valence-corrected chi connectivity index (χ0v) is 20.3. The number of unbranched alkanes of at least 4 members (excludes halogenated alkanes) is 2. The van der Waals surface area contributed by atoms with Crippen LogP contribution in [0.2, 0.25) is 0 Å². The van der Waals surface area contributed by atoms with Gasteiger partial charge in [-0.15, -0.1) is 17.5 Å². The van der Waals surface area contributed by atoms with E-state index in [-0.39, 0.29) is 24.1 Å². The predicted octanol–water partition coefficient (Wildman–Crippen LogP) is 3.99. The molecule has 2 heterocycles. The number of nitrogens with zero attached hydrogens (tertiary/aromatic N) is 5. The first-order valence-corrected chi connectivity index (χ1v) is 11.7. The standard InChI is InChI=1S/C25H33N5O2.ClH/c1-20(2)32-24-13-7-6-12-23(24)29-18-16-28(17-19-29)14-8-3-9-15-30-25(31)21-10-4-5-11-22(21)26-27-30;/h4-7,10-13,20H,3,8-9,14-19H2,1-2H3;1H. The summed E-state index contributed by atoms with van der Waals surface area (Å²) in [5, 5.41) is 8.88. The van der Waals surface area contributed by atoms with Crippen LogP contribution in [-0.4, -0.2) is 58.7 Å². The Morgan fingerprint density at radius 2 is 1.61 bits per heavy atom. The number of fused-ring (bicyclic) bond motifs is 1. The molecular formula is C25H34ClN5O2. The van der Waals surface area contributed by atoms with Gasteiger partial charge in [0, 0.05) is 32.7 Å². The average Bonchev–Trinajstić information content (AvgIpc) is 2.81. The van der Waals surface area contributed by atoms with Gasteiger partial charge in [0.05, 0.1) is 17.2 Å². The van der Waals surface area contributed by atoms with Gasteiger partial charge in [0.2, 0.25) is 0 Å². The molecule has 1 fully saturated rings. The van der Waals surface area contributed by atoms with Crippen molar-refractivity contribution in [1.82, 2.24) is 19.9 Å². The number of hydrogen-bond donors (Lipinski definition) is 0. The number of hydrogen-bond acceptors (Lipinski definition) is 6. The van der Waals surface area contributed by atoms with Crippen molar-refractivity contribution in [1.29, 1.82) is 0 Å². The maximum atomic E-state index is 12.5. The highest BCUT2D eigenvalue weighted by Crippen LogP contribution is 2.29. The summed E-state index contributed by atoms with van der Waals surface area (Å²) >= 11 is 0. The van der Waals surface area contributed by atoms with E-state index in [1.165, 1.54) is 10.4 Å². The van der Waals surface area contributed by atoms with E-state index < -0.39 is 0 Å². The van der Waals surface area contributed by atoms with E-state index in [0.717, 1.165) is 57.7 Å². The minimum Gasteiger partial charge on any atom is -0.489 e. The van der Waals surface area contributed by atoms with Crippen molar-refractivity contribution < 1.29 is 4.74 Å². The summed E-state index contributed by atoms with van der Waals surface area (Å²) in [5.41, 5.74) is 1.81. The van der Waals surface area contributed by atoms with E-state index >= 15 is 0 Å². The first-order valence-electron chi connectivity index (χ1n) is 11.7.